The van der Waals surface area contributed by atoms with Crippen LogP contribution in [0.25, 0.3) is 0 Å². The molecule has 1 aromatic carbocycles. The third-order valence-corrected chi connectivity index (χ3v) is 3.58. The lowest BCUT2D eigenvalue weighted by molar-refractivity contribution is -0.133. The number of carbonyl (C=O) groups is 2. The first-order chi connectivity index (χ1) is 10.1. The van der Waals surface area contributed by atoms with E-state index in [0.717, 1.165) is 13.1 Å². The number of hydrogen-bond donors (Lipinski definition) is 2. The average molecular weight is 363 g/mol. The lowest BCUT2D eigenvalue weighted by Crippen LogP contribution is -2.52. The van der Waals surface area contributed by atoms with E-state index in [0.29, 0.717) is 13.1 Å². The van der Waals surface area contributed by atoms with E-state index in [4.69, 9.17) is 5.73 Å². The number of anilines is 1. The number of halogens is 2. The molecule has 2 rings (SSSR count). The summed E-state index contributed by atoms with van der Waals surface area (Å²) >= 11 is 0. The quantitative estimate of drug-likeness (QED) is 0.823. The molecule has 0 aromatic heterocycles. The summed E-state index contributed by atoms with van der Waals surface area (Å²) in [4.78, 5) is 27.4. The van der Waals surface area contributed by atoms with Gasteiger partial charge in [0.15, 0.2) is 0 Å². The molecule has 1 fully saturated rings. The van der Waals surface area contributed by atoms with Gasteiger partial charge in [0.05, 0.1) is 12.6 Å². The summed E-state index contributed by atoms with van der Waals surface area (Å²) in [7, 11) is 0. The zero-order valence-corrected chi connectivity index (χ0v) is 14.7. The summed E-state index contributed by atoms with van der Waals surface area (Å²) in [5.74, 6) is -0.358. The summed E-state index contributed by atoms with van der Waals surface area (Å²) in [6.07, 6.45) is 0. The molecule has 0 unspecified atom stereocenters. The number of carbonyl (C=O) groups excluding carboxylic acids is 2. The van der Waals surface area contributed by atoms with Crippen molar-refractivity contribution in [2.45, 2.75) is 13.0 Å². The molecule has 1 aromatic rings. The van der Waals surface area contributed by atoms with Crippen LogP contribution in [0.2, 0.25) is 0 Å². The predicted molar refractivity (Wildman–Crippen MR) is 96.4 cm³/mol. The van der Waals surface area contributed by atoms with Gasteiger partial charge in [-0.3, -0.25) is 9.59 Å². The first kappa shape index (κ1) is 21.5. The highest BCUT2D eigenvalue weighted by Gasteiger charge is 2.21. The second kappa shape index (κ2) is 10.3. The van der Waals surface area contributed by atoms with Crippen LogP contribution in [0.3, 0.4) is 0 Å². The number of benzene rings is 1. The van der Waals surface area contributed by atoms with Gasteiger partial charge in [0, 0.05) is 31.9 Å². The van der Waals surface area contributed by atoms with Crippen molar-refractivity contribution in [2.24, 2.45) is 5.73 Å². The van der Waals surface area contributed by atoms with Gasteiger partial charge >= 0.3 is 0 Å². The number of nitrogens with zero attached hydrogens (tertiary/aromatic N) is 2. The smallest absolute Gasteiger partial charge is 0.242 e. The molecule has 1 atom stereocenters. The van der Waals surface area contributed by atoms with Crippen LogP contribution in [0.4, 0.5) is 5.69 Å². The molecule has 1 heterocycles. The number of rotatable bonds is 4. The largest absolute Gasteiger partial charge is 0.368 e. The Morgan fingerprint density at radius 3 is 2.22 bits per heavy atom. The molecule has 6 nitrogen and oxygen atoms in total. The Bertz CT molecular complexity index is 492. The van der Waals surface area contributed by atoms with Crippen molar-refractivity contribution < 1.29 is 9.59 Å². The van der Waals surface area contributed by atoms with Crippen molar-refractivity contribution >= 4 is 42.3 Å². The van der Waals surface area contributed by atoms with Crippen LogP contribution < -0.4 is 16.0 Å². The van der Waals surface area contributed by atoms with E-state index in [9.17, 15) is 9.59 Å². The molecule has 2 amide bonds. The number of para-hydroxylation sites is 1. The zero-order valence-electron chi connectivity index (χ0n) is 13.1. The van der Waals surface area contributed by atoms with Gasteiger partial charge in [0.25, 0.3) is 0 Å². The van der Waals surface area contributed by atoms with E-state index in [-0.39, 0.29) is 43.2 Å². The van der Waals surface area contributed by atoms with Crippen molar-refractivity contribution in [3.63, 3.8) is 0 Å². The second-order valence-corrected chi connectivity index (χ2v) is 5.21. The highest BCUT2D eigenvalue weighted by Crippen LogP contribution is 2.15. The molecule has 0 saturated carbocycles. The minimum absolute atomic E-state index is 0. The van der Waals surface area contributed by atoms with E-state index >= 15 is 0 Å². The Morgan fingerprint density at radius 2 is 1.70 bits per heavy atom. The SMILES string of the molecule is C[C@@H](N)C(=O)NCC(=O)N1CCN(c2ccccc2)CC1.Cl.Cl. The predicted octanol–water partition coefficient (Wildman–Crippen LogP) is 0.642. The molecular formula is C15H24Cl2N4O2. The number of piperazine rings is 1. The third kappa shape index (κ3) is 6.25. The maximum Gasteiger partial charge on any atom is 0.242 e. The van der Waals surface area contributed by atoms with Crippen molar-refractivity contribution in [1.82, 2.24) is 10.2 Å². The first-order valence-corrected chi connectivity index (χ1v) is 7.19. The molecule has 0 bridgehead atoms. The number of hydrogen-bond acceptors (Lipinski definition) is 4. The summed E-state index contributed by atoms with van der Waals surface area (Å²) in [6.45, 7) is 4.56. The van der Waals surface area contributed by atoms with Crippen molar-refractivity contribution in [1.29, 1.82) is 0 Å². The topological polar surface area (TPSA) is 78.7 Å². The van der Waals surface area contributed by atoms with E-state index in [1.54, 1.807) is 11.8 Å². The Morgan fingerprint density at radius 1 is 1.13 bits per heavy atom. The molecule has 1 aliphatic rings. The monoisotopic (exact) mass is 362 g/mol. The molecule has 0 aliphatic carbocycles. The lowest BCUT2D eigenvalue weighted by atomic mass is 10.2. The Kier molecular flexibility index (Phi) is 9.64. The lowest BCUT2D eigenvalue weighted by Gasteiger charge is -2.36. The van der Waals surface area contributed by atoms with Crippen LogP contribution in [-0.4, -0.2) is 55.5 Å². The van der Waals surface area contributed by atoms with Gasteiger partial charge in [-0.1, -0.05) is 18.2 Å². The van der Waals surface area contributed by atoms with E-state index in [1.807, 2.05) is 18.2 Å². The highest BCUT2D eigenvalue weighted by atomic mass is 35.5. The van der Waals surface area contributed by atoms with Gasteiger partial charge in [-0.05, 0) is 19.1 Å². The molecule has 0 radical (unpaired) electrons. The minimum atomic E-state index is -0.590. The van der Waals surface area contributed by atoms with Gasteiger partial charge in [-0.25, -0.2) is 0 Å². The summed E-state index contributed by atoms with van der Waals surface area (Å²) in [6, 6.07) is 9.56. The van der Waals surface area contributed by atoms with Crippen LogP contribution in [0.1, 0.15) is 6.92 Å². The third-order valence-electron chi connectivity index (χ3n) is 3.58. The molecule has 130 valence electrons. The fourth-order valence-electron chi connectivity index (χ4n) is 2.29. The second-order valence-electron chi connectivity index (χ2n) is 5.21. The van der Waals surface area contributed by atoms with Crippen LogP contribution in [0, 0.1) is 0 Å². The normalized spacial score (nSPS) is 15.0. The average Bonchev–Trinajstić information content (AvgIpc) is 2.53. The summed E-state index contributed by atoms with van der Waals surface area (Å²) < 4.78 is 0. The van der Waals surface area contributed by atoms with Crippen molar-refractivity contribution in [3.8, 4) is 0 Å². The maximum atomic E-state index is 12.0. The van der Waals surface area contributed by atoms with Gasteiger partial charge in [0.2, 0.25) is 11.8 Å². The molecule has 1 saturated heterocycles. The Labute approximate surface area is 149 Å². The van der Waals surface area contributed by atoms with Crippen molar-refractivity contribution in [3.05, 3.63) is 30.3 Å². The highest BCUT2D eigenvalue weighted by molar-refractivity contribution is 5.87. The summed E-state index contributed by atoms with van der Waals surface area (Å²) in [5, 5.41) is 2.55. The van der Waals surface area contributed by atoms with Gasteiger partial charge in [0.1, 0.15) is 0 Å². The maximum absolute atomic E-state index is 12.0. The fourth-order valence-corrected chi connectivity index (χ4v) is 2.29. The Balaban J connectivity index is 0.00000242. The number of nitrogens with one attached hydrogen (secondary N) is 1. The van der Waals surface area contributed by atoms with E-state index in [2.05, 4.69) is 22.3 Å². The zero-order chi connectivity index (χ0) is 15.2. The molecule has 0 spiro atoms. The van der Waals surface area contributed by atoms with Crippen LogP contribution in [-0.2, 0) is 9.59 Å². The standard InChI is InChI=1S/C15H22N4O2.2ClH/c1-12(16)15(21)17-11-14(20)19-9-7-18(8-10-19)13-5-3-2-4-6-13;;/h2-6,12H,7-11,16H2,1H3,(H,17,21);2*1H/t12-;;/m1../s1. The van der Waals surface area contributed by atoms with Gasteiger partial charge in [-0.2, -0.15) is 0 Å². The molecule has 8 heteroatoms. The summed E-state index contributed by atoms with van der Waals surface area (Å²) in [5.41, 5.74) is 6.62. The van der Waals surface area contributed by atoms with E-state index in [1.165, 1.54) is 5.69 Å². The van der Waals surface area contributed by atoms with Crippen LogP contribution in [0.15, 0.2) is 30.3 Å². The molecule has 1 aliphatic heterocycles. The first-order valence-electron chi connectivity index (χ1n) is 7.19. The number of nitrogens with two attached hydrogens (primary N) is 1. The fraction of sp³-hybridized carbons (Fsp3) is 0.467. The minimum Gasteiger partial charge on any atom is -0.368 e. The van der Waals surface area contributed by atoms with Crippen molar-refractivity contribution in [2.75, 3.05) is 37.6 Å². The van der Waals surface area contributed by atoms with Crippen LogP contribution in [0.5, 0.6) is 0 Å². The molecule has 3 N–H and O–H groups in total. The number of amides is 2. The molecule has 23 heavy (non-hydrogen) atoms. The van der Waals surface area contributed by atoms with Gasteiger partial charge in [-0.15, -0.1) is 24.8 Å². The molecular weight excluding hydrogens is 339 g/mol. The van der Waals surface area contributed by atoms with Crippen LogP contribution >= 0.6 is 24.8 Å². The Hall–Kier alpha value is -1.50. The van der Waals surface area contributed by atoms with E-state index < -0.39 is 6.04 Å². The van der Waals surface area contributed by atoms with Gasteiger partial charge < -0.3 is 20.9 Å².